The molecule has 5 heteroatoms. The molecule has 0 spiro atoms. The van der Waals surface area contributed by atoms with Crippen molar-refractivity contribution in [3.8, 4) is 0 Å². The number of carbonyl (C=O) groups is 1. The Labute approximate surface area is 135 Å². The van der Waals surface area contributed by atoms with Gasteiger partial charge >= 0.3 is 6.09 Å². The molecule has 0 saturated carbocycles. The fraction of sp³-hybridized carbons (Fsp3) is 0.533. The molecule has 1 atom stereocenters. The quantitative estimate of drug-likeness (QED) is 0.790. The number of amides is 1. The molecule has 0 aromatic heterocycles. The highest BCUT2D eigenvalue weighted by molar-refractivity contribution is 9.10. The van der Waals surface area contributed by atoms with Gasteiger partial charge in [-0.25, -0.2) is 4.79 Å². The van der Waals surface area contributed by atoms with E-state index in [0.29, 0.717) is 12.2 Å². The Morgan fingerprint density at radius 3 is 2.25 bits per heavy atom. The van der Waals surface area contributed by atoms with E-state index in [1.54, 1.807) is 0 Å². The maximum Gasteiger partial charge on any atom is 0.408 e. The lowest BCUT2D eigenvalue weighted by Crippen LogP contribution is -2.50. The molecule has 0 bridgehead atoms. The number of carbonyl (C=O) groups excluding carboxylic acids is 1. The van der Waals surface area contributed by atoms with Crippen molar-refractivity contribution in [2.75, 3.05) is 5.75 Å². The Hall–Kier alpha value is -0.680. The van der Waals surface area contributed by atoms with Crippen molar-refractivity contribution in [2.24, 2.45) is 0 Å². The summed E-state index contributed by atoms with van der Waals surface area (Å²) in [6.07, 6.45) is 0.286. The molecule has 0 aliphatic heterocycles. The molecule has 1 N–H and O–H groups in total. The molecular weight excluding hydrogens is 338 g/mol. The van der Waals surface area contributed by atoms with E-state index in [1.165, 1.54) is 0 Å². The van der Waals surface area contributed by atoms with Crippen LogP contribution in [0.2, 0.25) is 0 Å². The Balaban J connectivity index is 2.71. The summed E-state index contributed by atoms with van der Waals surface area (Å²) in [5.74, 6) is 0.530. The molecule has 0 radical (unpaired) electrons. The first kappa shape index (κ1) is 17.4. The Bertz CT molecular complexity index is 456. The lowest BCUT2D eigenvalue weighted by atomic mass is 9.95. The molecule has 1 amide bonds. The Morgan fingerprint density at radius 1 is 1.25 bits per heavy atom. The van der Waals surface area contributed by atoms with E-state index in [4.69, 9.17) is 4.74 Å². The number of nitrogens with one attached hydrogen (secondary N) is 1. The van der Waals surface area contributed by atoms with E-state index >= 15 is 0 Å². The van der Waals surface area contributed by atoms with E-state index in [0.717, 1.165) is 10.0 Å². The SMILES string of the molecule is CC(CS)(Cc1ccc(Br)cc1)NC(=O)OC(C)(C)C. The average molecular weight is 360 g/mol. The first-order chi connectivity index (χ1) is 9.13. The minimum atomic E-state index is -0.501. The highest BCUT2D eigenvalue weighted by atomic mass is 79.9. The Morgan fingerprint density at radius 2 is 1.80 bits per heavy atom. The summed E-state index contributed by atoms with van der Waals surface area (Å²) in [6.45, 7) is 7.50. The van der Waals surface area contributed by atoms with Crippen LogP contribution in [0.4, 0.5) is 4.79 Å². The summed E-state index contributed by atoms with van der Waals surface area (Å²) >= 11 is 7.77. The third-order valence-corrected chi connectivity index (χ3v) is 3.89. The summed E-state index contributed by atoms with van der Waals surface area (Å²) in [5, 5.41) is 2.91. The minimum Gasteiger partial charge on any atom is -0.444 e. The monoisotopic (exact) mass is 359 g/mol. The zero-order chi connectivity index (χ0) is 15.4. The fourth-order valence-corrected chi connectivity index (χ4v) is 2.20. The molecule has 0 fully saturated rings. The third kappa shape index (κ3) is 6.18. The van der Waals surface area contributed by atoms with Gasteiger partial charge in [0.25, 0.3) is 0 Å². The van der Waals surface area contributed by atoms with Crippen molar-refractivity contribution in [3.63, 3.8) is 0 Å². The van der Waals surface area contributed by atoms with Crippen molar-refractivity contribution < 1.29 is 9.53 Å². The van der Waals surface area contributed by atoms with Gasteiger partial charge < -0.3 is 10.1 Å². The zero-order valence-corrected chi connectivity index (χ0v) is 14.8. The molecule has 20 heavy (non-hydrogen) atoms. The molecule has 0 saturated heterocycles. The van der Waals surface area contributed by atoms with Gasteiger partial charge in [-0.15, -0.1) is 0 Å². The predicted octanol–water partition coefficient (Wildman–Crippen LogP) is 4.20. The van der Waals surface area contributed by atoms with Crippen LogP contribution in [-0.2, 0) is 11.2 Å². The maximum absolute atomic E-state index is 11.9. The molecule has 3 nitrogen and oxygen atoms in total. The molecule has 112 valence electrons. The van der Waals surface area contributed by atoms with Crippen LogP contribution in [0, 0.1) is 0 Å². The van der Waals surface area contributed by atoms with Crippen molar-refractivity contribution in [1.82, 2.24) is 5.32 Å². The van der Waals surface area contributed by atoms with E-state index < -0.39 is 17.2 Å². The number of rotatable bonds is 4. The van der Waals surface area contributed by atoms with Crippen LogP contribution in [0.15, 0.2) is 28.7 Å². The Kier molecular flexibility index (Phi) is 5.95. The summed E-state index contributed by atoms with van der Waals surface area (Å²) in [7, 11) is 0. The van der Waals surface area contributed by atoms with Crippen molar-refractivity contribution in [3.05, 3.63) is 34.3 Å². The van der Waals surface area contributed by atoms with Gasteiger partial charge in [-0.05, 0) is 51.8 Å². The van der Waals surface area contributed by atoms with Crippen LogP contribution in [0.3, 0.4) is 0 Å². The second kappa shape index (κ2) is 6.85. The van der Waals surface area contributed by atoms with Gasteiger partial charge in [0.2, 0.25) is 0 Å². The van der Waals surface area contributed by atoms with Gasteiger partial charge in [0.05, 0.1) is 5.54 Å². The van der Waals surface area contributed by atoms with Crippen LogP contribution in [-0.4, -0.2) is 23.0 Å². The van der Waals surface area contributed by atoms with Crippen LogP contribution in [0.1, 0.15) is 33.3 Å². The van der Waals surface area contributed by atoms with E-state index in [-0.39, 0.29) is 0 Å². The van der Waals surface area contributed by atoms with Gasteiger partial charge in [0.1, 0.15) is 5.60 Å². The topological polar surface area (TPSA) is 38.3 Å². The standard InChI is InChI=1S/C15H22BrNO2S/c1-14(2,3)19-13(18)17-15(4,10-20)9-11-5-7-12(16)8-6-11/h5-8,20H,9-10H2,1-4H3,(H,17,18). The van der Waals surface area contributed by atoms with Crippen LogP contribution >= 0.6 is 28.6 Å². The van der Waals surface area contributed by atoms with E-state index in [2.05, 4.69) is 33.9 Å². The minimum absolute atomic E-state index is 0.411. The number of benzene rings is 1. The summed E-state index contributed by atoms with van der Waals surface area (Å²) < 4.78 is 6.34. The molecule has 1 aromatic rings. The number of ether oxygens (including phenoxy) is 1. The zero-order valence-electron chi connectivity index (χ0n) is 12.4. The van der Waals surface area contributed by atoms with Gasteiger partial charge in [-0.3, -0.25) is 0 Å². The molecule has 1 rings (SSSR count). The summed E-state index contributed by atoms with van der Waals surface area (Å²) in [6, 6.07) is 8.04. The van der Waals surface area contributed by atoms with Crippen molar-refractivity contribution in [2.45, 2.75) is 45.3 Å². The number of thiol groups is 1. The van der Waals surface area contributed by atoms with Crippen LogP contribution in [0.5, 0.6) is 0 Å². The highest BCUT2D eigenvalue weighted by Gasteiger charge is 2.28. The second-order valence-electron chi connectivity index (χ2n) is 6.15. The molecule has 0 aliphatic carbocycles. The molecule has 0 heterocycles. The molecule has 1 unspecified atom stereocenters. The van der Waals surface area contributed by atoms with Crippen molar-refractivity contribution in [1.29, 1.82) is 0 Å². The summed E-state index contributed by atoms with van der Waals surface area (Å²) in [5.41, 5.74) is 0.194. The number of alkyl carbamates (subject to hydrolysis) is 1. The third-order valence-electron chi connectivity index (χ3n) is 2.66. The smallest absolute Gasteiger partial charge is 0.408 e. The lowest BCUT2D eigenvalue weighted by Gasteiger charge is -2.31. The fourth-order valence-electron chi connectivity index (χ4n) is 1.74. The predicted molar refractivity (Wildman–Crippen MR) is 89.5 cm³/mol. The molecule has 1 aromatic carbocycles. The second-order valence-corrected chi connectivity index (χ2v) is 7.38. The normalized spacial score (nSPS) is 14.5. The molecular formula is C15H22BrNO2S. The van der Waals surface area contributed by atoms with E-state index in [9.17, 15) is 4.79 Å². The van der Waals surface area contributed by atoms with Gasteiger partial charge in [-0.2, -0.15) is 12.6 Å². The number of halogens is 1. The van der Waals surface area contributed by atoms with Gasteiger partial charge in [0, 0.05) is 10.2 Å². The first-order valence-electron chi connectivity index (χ1n) is 6.50. The summed E-state index contributed by atoms with van der Waals surface area (Å²) in [4.78, 5) is 11.9. The van der Waals surface area contributed by atoms with Crippen molar-refractivity contribution >= 4 is 34.7 Å². The number of hydrogen-bond acceptors (Lipinski definition) is 3. The first-order valence-corrected chi connectivity index (χ1v) is 7.93. The number of hydrogen-bond donors (Lipinski definition) is 2. The lowest BCUT2D eigenvalue weighted by molar-refractivity contribution is 0.0474. The highest BCUT2D eigenvalue weighted by Crippen LogP contribution is 2.18. The largest absolute Gasteiger partial charge is 0.444 e. The van der Waals surface area contributed by atoms with Gasteiger partial charge in [-0.1, -0.05) is 28.1 Å². The van der Waals surface area contributed by atoms with Crippen LogP contribution < -0.4 is 5.32 Å². The van der Waals surface area contributed by atoms with Gasteiger partial charge in [0.15, 0.2) is 0 Å². The average Bonchev–Trinajstić information content (AvgIpc) is 2.29. The maximum atomic E-state index is 11.9. The van der Waals surface area contributed by atoms with Crippen LogP contribution in [0.25, 0.3) is 0 Å². The van der Waals surface area contributed by atoms with E-state index in [1.807, 2.05) is 52.0 Å². The molecule has 0 aliphatic rings.